The fourth-order valence-electron chi connectivity index (χ4n) is 2.85. The van der Waals surface area contributed by atoms with E-state index >= 15 is 0 Å². The molecule has 1 aliphatic heterocycles. The minimum atomic E-state index is -0.957. The molecule has 1 saturated heterocycles. The Bertz CT molecular complexity index is 725. The van der Waals surface area contributed by atoms with Gasteiger partial charge in [0, 0.05) is 12.7 Å². The number of nitrogens with zero attached hydrogens (tertiary/aromatic N) is 3. The van der Waals surface area contributed by atoms with E-state index in [-0.39, 0.29) is 5.91 Å². The summed E-state index contributed by atoms with van der Waals surface area (Å²) in [7, 11) is 0. The smallest absolute Gasteiger partial charge is 0.326 e. The average molecular weight is 303 g/mol. The quantitative estimate of drug-likeness (QED) is 0.929. The Kier molecular flexibility index (Phi) is 3.79. The Morgan fingerprint density at radius 1 is 1.45 bits per heavy atom. The summed E-state index contributed by atoms with van der Waals surface area (Å²) in [5, 5.41) is 13.9. The normalized spacial score (nSPS) is 18.6. The molecule has 1 unspecified atom stereocenters. The Morgan fingerprint density at radius 2 is 2.27 bits per heavy atom. The van der Waals surface area contributed by atoms with Crippen molar-refractivity contribution in [3.8, 4) is 0 Å². The molecule has 0 aromatic carbocycles. The van der Waals surface area contributed by atoms with E-state index in [1.165, 1.54) is 11.1 Å². The minimum Gasteiger partial charge on any atom is -0.480 e. The van der Waals surface area contributed by atoms with E-state index in [4.69, 9.17) is 4.52 Å². The molecule has 116 valence electrons. The van der Waals surface area contributed by atoms with Crippen molar-refractivity contribution in [2.45, 2.75) is 38.6 Å². The van der Waals surface area contributed by atoms with Crippen LogP contribution in [-0.4, -0.2) is 44.6 Å². The highest BCUT2D eigenvalue weighted by atomic mass is 16.5. The van der Waals surface area contributed by atoms with Gasteiger partial charge in [0.1, 0.15) is 6.04 Å². The van der Waals surface area contributed by atoms with E-state index in [9.17, 15) is 14.7 Å². The molecule has 1 N–H and O–H groups in total. The molecule has 1 atom stereocenters. The third-order valence-corrected chi connectivity index (χ3v) is 4.03. The second kappa shape index (κ2) is 5.75. The Morgan fingerprint density at radius 3 is 3.00 bits per heavy atom. The highest BCUT2D eigenvalue weighted by Gasteiger charge is 2.32. The van der Waals surface area contributed by atoms with E-state index in [1.54, 1.807) is 6.07 Å². The zero-order chi connectivity index (χ0) is 15.7. The van der Waals surface area contributed by atoms with Gasteiger partial charge < -0.3 is 14.5 Å². The molecule has 3 heterocycles. The lowest BCUT2D eigenvalue weighted by molar-refractivity contribution is -0.143. The second-order valence-electron chi connectivity index (χ2n) is 5.41. The van der Waals surface area contributed by atoms with Gasteiger partial charge in [0.2, 0.25) is 0 Å². The van der Waals surface area contributed by atoms with Crippen LogP contribution in [0.4, 0.5) is 0 Å². The van der Waals surface area contributed by atoms with Crippen LogP contribution in [0.5, 0.6) is 0 Å². The van der Waals surface area contributed by atoms with Gasteiger partial charge in [0.05, 0.1) is 16.6 Å². The SMILES string of the molecule is CCc1noc2ncc(C(=O)N3CCCCC3C(=O)O)cc12. The van der Waals surface area contributed by atoms with E-state index in [0.29, 0.717) is 36.0 Å². The van der Waals surface area contributed by atoms with E-state index < -0.39 is 12.0 Å². The van der Waals surface area contributed by atoms with Crippen molar-refractivity contribution in [1.82, 2.24) is 15.0 Å². The molecule has 0 bridgehead atoms. The molecule has 0 radical (unpaired) electrons. The summed E-state index contributed by atoms with van der Waals surface area (Å²) in [6.07, 6.45) is 4.23. The number of carboxylic acids is 1. The number of hydrogen-bond donors (Lipinski definition) is 1. The number of carbonyl (C=O) groups is 2. The maximum atomic E-state index is 12.7. The monoisotopic (exact) mass is 303 g/mol. The van der Waals surface area contributed by atoms with E-state index in [0.717, 1.165) is 18.5 Å². The van der Waals surface area contributed by atoms with E-state index in [1.807, 2.05) is 6.92 Å². The highest BCUT2D eigenvalue weighted by Crippen LogP contribution is 2.23. The van der Waals surface area contributed by atoms with Gasteiger partial charge in [-0.3, -0.25) is 4.79 Å². The number of likely N-dealkylation sites (tertiary alicyclic amines) is 1. The standard InChI is InChI=1S/C15H17N3O4/c1-2-11-10-7-9(8-16-13(10)22-17-11)14(19)18-6-4-3-5-12(18)15(20)21/h7-8,12H,2-6H2,1H3,(H,20,21). The summed E-state index contributed by atoms with van der Waals surface area (Å²) in [4.78, 5) is 29.5. The van der Waals surface area contributed by atoms with Gasteiger partial charge in [-0.2, -0.15) is 0 Å². The first-order valence-corrected chi connectivity index (χ1v) is 7.40. The minimum absolute atomic E-state index is 0.301. The van der Waals surface area contributed by atoms with Crippen molar-refractivity contribution in [3.05, 3.63) is 23.5 Å². The molecule has 22 heavy (non-hydrogen) atoms. The predicted molar refractivity (Wildman–Crippen MR) is 77.5 cm³/mol. The molecule has 2 aromatic heterocycles. The Hall–Kier alpha value is -2.44. The topological polar surface area (TPSA) is 96.5 Å². The highest BCUT2D eigenvalue weighted by molar-refractivity contribution is 5.99. The van der Waals surface area contributed by atoms with Crippen LogP contribution in [0.2, 0.25) is 0 Å². The van der Waals surface area contributed by atoms with Gasteiger partial charge in [0.25, 0.3) is 11.6 Å². The number of hydrogen-bond acceptors (Lipinski definition) is 5. The van der Waals surface area contributed by atoms with Crippen LogP contribution in [0.1, 0.15) is 42.2 Å². The number of rotatable bonds is 3. The molecule has 0 aliphatic carbocycles. The first-order chi connectivity index (χ1) is 10.6. The zero-order valence-corrected chi connectivity index (χ0v) is 12.3. The summed E-state index contributed by atoms with van der Waals surface area (Å²) in [5.74, 6) is -1.26. The number of pyridine rings is 1. The van der Waals surface area contributed by atoms with Gasteiger partial charge in [-0.15, -0.1) is 0 Å². The van der Waals surface area contributed by atoms with Crippen LogP contribution < -0.4 is 0 Å². The molecular formula is C15H17N3O4. The number of piperidine rings is 1. The number of amides is 1. The molecule has 7 nitrogen and oxygen atoms in total. The third-order valence-electron chi connectivity index (χ3n) is 4.03. The predicted octanol–water partition coefficient (Wildman–Crippen LogP) is 1.86. The first-order valence-electron chi connectivity index (χ1n) is 7.40. The van der Waals surface area contributed by atoms with Crippen LogP contribution >= 0.6 is 0 Å². The summed E-state index contributed by atoms with van der Waals surface area (Å²) in [6, 6.07) is 0.929. The molecule has 1 aliphatic rings. The van der Waals surface area contributed by atoms with Gasteiger partial charge in [0.15, 0.2) is 0 Å². The number of aromatic nitrogens is 2. The van der Waals surface area contributed by atoms with Crippen molar-refractivity contribution in [2.24, 2.45) is 0 Å². The second-order valence-corrected chi connectivity index (χ2v) is 5.41. The number of aliphatic carboxylic acids is 1. The van der Waals surface area contributed by atoms with Crippen molar-refractivity contribution in [1.29, 1.82) is 0 Å². The van der Waals surface area contributed by atoms with Crippen molar-refractivity contribution in [3.63, 3.8) is 0 Å². The van der Waals surface area contributed by atoms with E-state index in [2.05, 4.69) is 10.1 Å². The fourth-order valence-corrected chi connectivity index (χ4v) is 2.85. The first kappa shape index (κ1) is 14.5. The van der Waals surface area contributed by atoms with Crippen molar-refractivity contribution in [2.75, 3.05) is 6.54 Å². The molecule has 0 saturated carbocycles. The van der Waals surface area contributed by atoms with Gasteiger partial charge >= 0.3 is 5.97 Å². The number of carboxylic acid groups (broad SMARTS) is 1. The molecule has 1 amide bonds. The third kappa shape index (κ3) is 2.43. The van der Waals surface area contributed by atoms with Crippen LogP contribution in [0.25, 0.3) is 11.1 Å². The fraction of sp³-hybridized carbons (Fsp3) is 0.467. The van der Waals surface area contributed by atoms with Crippen LogP contribution in [-0.2, 0) is 11.2 Å². The molecule has 3 rings (SSSR count). The molecule has 0 spiro atoms. The molecule has 1 fully saturated rings. The molecule has 7 heteroatoms. The summed E-state index contributed by atoms with van der Waals surface area (Å²) in [6.45, 7) is 2.40. The van der Waals surface area contributed by atoms with Crippen molar-refractivity contribution >= 4 is 23.0 Å². The Labute approximate surface area is 126 Å². The summed E-state index contributed by atoms with van der Waals surface area (Å²) < 4.78 is 5.10. The van der Waals surface area contributed by atoms with Gasteiger partial charge in [-0.05, 0) is 31.7 Å². The molecular weight excluding hydrogens is 286 g/mol. The van der Waals surface area contributed by atoms with Crippen molar-refractivity contribution < 1.29 is 19.2 Å². The summed E-state index contributed by atoms with van der Waals surface area (Å²) in [5.41, 5.74) is 1.51. The largest absolute Gasteiger partial charge is 0.480 e. The van der Waals surface area contributed by atoms with Crippen LogP contribution in [0.3, 0.4) is 0 Å². The molecule has 2 aromatic rings. The van der Waals surface area contributed by atoms with Gasteiger partial charge in [-0.1, -0.05) is 12.1 Å². The maximum absolute atomic E-state index is 12.7. The number of carbonyl (C=O) groups excluding carboxylic acids is 1. The maximum Gasteiger partial charge on any atom is 0.326 e. The number of fused-ring (bicyclic) bond motifs is 1. The Balaban J connectivity index is 1.95. The lowest BCUT2D eigenvalue weighted by Crippen LogP contribution is -2.48. The lowest BCUT2D eigenvalue weighted by atomic mass is 10.0. The van der Waals surface area contributed by atoms with Crippen LogP contribution in [0.15, 0.2) is 16.8 Å². The average Bonchev–Trinajstić information content (AvgIpc) is 2.96. The van der Waals surface area contributed by atoms with Gasteiger partial charge in [-0.25, -0.2) is 9.78 Å². The lowest BCUT2D eigenvalue weighted by Gasteiger charge is -2.32. The van der Waals surface area contributed by atoms with Crippen LogP contribution in [0, 0.1) is 0 Å². The summed E-state index contributed by atoms with van der Waals surface area (Å²) >= 11 is 0. The number of aryl methyl sites for hydroxylation is 1. The zero-order valence-electron chi connectivity index (χ0n) is 12.3.